The van der Waals surface area contributed by atoms with E-state index in [9.17, 15) is 9.18 Å². The maximum absolute atomic E-state index is 13.6. The van der Waals surface area contributed by atoms with Gasteiger partial charge < -0.3 is 4.90 Å². The maximum Gasteiger partial charge on any atom is 0.271 e. The van der Waals surface area contributed by atoms with Crippen LogP contribution in [0.2, 0.25) is 0 Å². The number of hydrogen-bond donors (Lipinski definition) is 1. The van der Waals surface area contributed by atoms with Crippen LogP contribution < -0.4 is 0 Å². The average molecular weight is 287 g/mol. The van der Waals surface area contributed by atoms with E-state index in [2.05, 4.69) is 10.2 Å². The van der Waals surface area contributed by atoms with Crippen LogP contribution >= 0.6 is 0 Å². The van der Waals surface area contributed by atoms with Gasteiger partial charge in [0.25, 0.3) is 5.91 Å². The first kappa shape index (κ1) is 13.8. The number of hydrogen-bond acceptors (Lipinski definition) is 2. The second kappa shape index (κ2) is 5.68. The molecular formula is C16H18FN3O. The third kappa shape index (κ3) is 2.96. The standard InChI is InChI=1S/C16H18FN3O/c1-11-2-3-12(9-14(11)17)8-13-5-7-20(10-13)16(21)15-4-6-18-19-15/h2-4,6,9,13H,5,7-8,10H2,1H3,(H,18,19). The van der Waals surface area contributed by atoms with Gasteiger partial charge in [0, 0.05) is 19.3 Å². The monoisotopic (exact) mass is 287 g/mol. The first-order chi connectivity index (χ1) is 10.1. The Labute approximate surface area is 123 Å². The van der Waals surface area contributed by atoms with Crippen molar-refractivity contribution in [3.05, 3.63) is 53.1 Å². The predicted octanol–water partition coefficient (Wildman–Crippen LogP) is 2.56. The minimum atomic E-state index is -0.157. The predicted molar refractivity (Wildman–Crippen MR) is 77.4 cm³/mol. The van der Waals surface area contributed by atoms with Gasteiger partial charge in [-0.25, -0.2) is 4.39 Å². The quantitative estimate of drug-likeness (QED) is 0.943. The Balaban J connectivity index is 1.62. The lowest BCUT2D eigenvalue weighted by Gasteiger charge is -2.15. The van der Waals surface area contributed by atoms with Gasteiger partial charge in [-0.2, -0.15) is 5.10 Å². The molecule has 1 aliphatic rings. The largest absolute Gasteiger partial charge is 0.337 e. The molecule has 1 aliphatic heterocycles. The highest BCUT2D eigenvalue weighted by Crippen LogP contribution is 2.23. The van der Waals surface area contributed by atoms with E-state index in [0.717, 1.165) is 24.9 Å². The molecule has 3 rings (SSSR count). The third-order valence-corrected chi connectivity index (χ3v) is 4.06. The summed E-state index contributed by atoms with van der Waals surface area (Å²) in [5, 5.41) is 6.51. The fourth-order valence-corrected chi connectivity index (χ4v) is 2.83. The molecule has 1 fully saturated rings. The van der Waals surface area contributed by atoms with E-state index in [1.54, 1.807) is 25.3 Å². The smallest absolute Gasteiger partial charge is 0.271 e. The number of halogens is 1. The molecule has 5 heteroatoms. The summed E-state index contributed by atoms with van der Waals surface area (Å²) in [5.74, 6) is 0.222. The van der Waals surface area contributed by atoms with Gasteiger partial charge in [-0.05, 0) is 48.9 Å². The molecule has 1 unspecified atom stereocenters. The molecule has 0 bridgehead atoms. The molecule has 1 N–H and O–H groups in total. The molecule has 1 saturated heterocycles. The summed E-state index contributed by atoms with van der Waals surface area (Å²) >= 11 is 0. The zero-order valence-corrected chi connectivity index (χ0v) is 12.0. The Morgan fingerprint density at radius 1 is 1.48 bits per heavy atom. The SMILES string of the molecule is Cc1ccc(CC2CCN(C(=O)c3ccn[nH]3)C2)cc1F. The number of benzene rings is 1. The molecule has 4 nitrogen and oxygen atoms in total. The van der Waals surface area contributed by atoms with Crippen molar-refractivity contribution in [2.75, 3.05) is 13.1 Å². The normalized spacial score (nSPS) is 18.2. The summed E-state index contributed by atoms with van der Waals surface area (Å²) in [5.41, 5.74) is 2.19. The summed E-state index contributed by atoms with van der Waals surface area (Å²) in [4.78, 5) is 14.0. The third-order valence-electron chi connectivity index (χ3n) is 4.06. The molecule has 0 aliphatic carbocycles. The minimum Gasteiger partial charge on any atom is -0.337 e. The molecule has 1 aromatic carbocycles. The lowest BCUT2D eigenvalue weighted by Crippen LogP contribution is -2.29. The molecular weight excluding hydrogens is 269 g/mol. The maximum atomic E-state index is 13.6. The van der Waals surface area contributed by atoms with Gasteiger partial charge in [-0.15, -0.1) is 0 Å². The van der Waals surface area contributed by atoms with Gasteiger partial charge in [0.05, 0.1) is 0 Å². The fraction of sp³-hybridized carbons (Fsp3) is 0.375. The van der Waals surface area contributed by atoms with Crippen LogP contribution in [0.5, 0.6) is 0 Å². The Morgan fingerprint density at radius 2 is 2.33 bits per heavy atom. The van der Waals surface area contributed by atoms with Gasteiger partial charge in [-0.3, -0.25) is 9.89 Å². The van der Waals surface area contributed by atoms with Crippen LogP contribution in [0.25, 0.3) is 0 Å². The number of amides is 1. The van der Waals surface area contributed by atoms with Crippen molar-refractivity contribution in [3.63, 3.8) is 0 Å². The first-order valence-corrected chi connectivity index (χ1v) is 7.17. The summed E-state index contributed by atoms with van der Waals surface area (Å²) < 4.78 is 13.6. The Hall–Kier alpha value is -2.17. The van der Waals surface area contributed by atoms with Crippen molar-refractivity contribution in [3.8, 4) is 0 Å². The highest BCUT2D eigenvalue weighted by Gasteiger charge is 2.27. The van der Waals surface area contributed by atoms with Crippen LogP contribution in [-0.4, -0.2) is 34.1 Å². The second-order valence-corrected chi connectivity index (χ2v) is 5.66. The van der Waals surface area contributed by atoms with Crippen LogP contribution in [-0.2, 0) is 6.42 Å². The summed E-state index contributed by atoms with van der Waals surface area (Å²) in [6, 6.07) is 7.07. The van der Waals surface area contributed by atoms with E-state index in [4.69, 9.17) is 0 Å². The Bertz CT molecular complexity index is 639. The van der Waals surface area contributed by atoms with Gasteiger partial charge in [0.2, 0.25) is 0 Å². The van der Waals surface area contributed by atoms with Crippen molar-refractivity contribution in [1.82, 2.24) is 15.1 Å². The number of H-pyrrole nitrogens is 1. The number of aryl methyl sites for hydroxylation is 1. The molecule has 1 aromatic heterocycles. The van der Waals surface area contributed by atoms with Crippen LogP contribution in [0, 0.1) is 18.7 Å². The number of nitrogens with one attached hydrogen (secondary N) is 1. The van der Waals surface area contributed by atoms with Gasteiger partial charge in [-0.1, -0.05) is 12.1 Å². The number of likely N-dealkylation sites (tertiary alicyclic amines) is 1. The van der Waals surface area contributed by atoms with Crippen molar-refractivity contribution in [2.24, 2.45) is 5.92 Å². The first-order valence-electron chi connectivity index (χ1n) is 7.17. The molecule has 0 saturated carbocycles. The lowest BCUT2D eigenvalue weighted by atomic mass is 9.98. The highest BCUT2D eigenvalue weighted by atomic mass is 19.1. The summed E-state index contributed by atoms with van der Waals surface area (Å²) in [6.45, 7) is 3.23. The van der Waals surface area contributed by atoms with Crippen LogP contribution in [0.4, 0.5) is 4.39 Å². The lowest BCUT2D eigenvalue weighted by molar-refractivity contribution is 0.0781. The van der Waals surface area contributed by atoms with Crippen LogP contribution in [0.3, 0.4) is 0 Å². The molecule has 1 amide bonds. The number of aromatic nitrogens is 2. The Morgan fingerprint density at radius 3 is 3.05 bits per heavy atom. The molecule has 1 atom stereocenters. The molecule has 2 heterocycles. The minimum absolute atomic E-state index is 0.00918. The number of carbonyl (C=O) groups excluding carboxylic acids is 1. The van der Waals surface area contributed by atoms with Crippen molar-refractivity contribution in [2.45, 2.75) is 19.8 Å². The zero-order chi connectivity index (χ0) is 14.8. The van der Waals surface area contributed by atoms with E-state index in [0.29, 0.717) is 23.7 Å². The highest BCUT2D eigenvalue weighted by molar-refractivity contribution is 5.92. The van der Waals surface area contributed by atoms with E-state index < -0.39 is 0 Å². The summed E-state index contributed by atoms with van der Waals surface area (Å²) in [6.07, 6.45) is 3.34. The van der Waals surface area contributed by atoms with E-state index in [-0.39, 0.29) is 11.7 Å². The van der Waals surface area contributed by atoms with Crippen LogP contribution in [0.15, 0.2) is 30.5 Å². The van der Waals surface area contributed by atoms with E-state index in [1.165, 1.54) is 0 Å². The van der Waals surface area contributed by atoms with Gasteiger partial charge >= 0.3 is 0 Å². The molecule has 21 heavy (non-hydrogen) atoms. The molecule has 2 aromatic rings. The Kier molecular flexibility index (Phi) is 3.73. The van der Waals surface area contributed by atoms with Gasteiger partial charge in [0.1, 0.15) is 11.5 Å². The number of aromatic amines is 1. The average Bonchev–Trinajstić information content (AvgIpc) is 3.13. The molecule has 0 spiro atoms. The second-order valence-electron chi connectivity index (χ2n) is 5.66. The van der Waals surface area contributed by atoms with E-state index >= 15 is 0 Å². The van der Waals surface area contributed by atoms with E-state index in [1.807, 2.05) is 17.0 Å². The zero-order valence-electron chi connectivity index (χ0n) is 12.0. The van der Waals surface area contributed by atoms with Crippen molar-refractivity contribution in [1.29, 1.82) is 0 Å². The molecule has 110 valence electrons. The number of rotatable bonds is 3. The summed E-state index contributed by atoms with van der Waals surface area (Å²) in [7, 11) is 0. The topological polar surface area (TPSA) is 49.0 Å². The molecule has 0 radical (unpaired) electrons. The van der Waals surface area contributed by atoms with Crippen molar-refractivity contribution >= 4 is 5.91 Å². The number of nitrogens with zero attached hydrogens (tertiary/aromatic N) is 2. The number of carbonyl (C=O) groups is 1. The van der Waals surface area contributed by atoms with Gasteiger partial charge in [0.15, 0.2) is 0 Å². The fourth-order valence-electron chi connectivity index (χ4n) is 2.83. The van der Waals surface area contributed by atoms with Crippen LogP contribution in [0.1, 0.15) is 28.0 Å². The van der Waals surface area contributed by atoms with Crippen molar-refractivity contribution < 1.29 is 9.18 Å².